The molecule has 0 spiro atoms. The topological polar surface area (TPSA) is 20.2 Å². The van der Waals surface area contributed by atoms with Crippen LogP contribution in [0.3, 0.4) is 0 Å². The van der Waals surface area contributed by atoms with Gasteiger partial charge in [0, 0.05) is 0 Å². The Bertz CT molecular complexity index is 520. The molecule has 17 heavy (non-hydrogen) atoms. The van der Waals surface area contributed by atoms with Crippen molar-refractivity contribution >= 4 is 25.5 Å². The highest BCUT2D eigenvalue weighted by atomic mass is 28.3. The fraction of sp³-hybridized carbons (Fsp3) is 0.0667. The maximum atomic E-state index is 10.4. The molecule has 0 aliphatic rings. The largest absolute Gasteiger partial charge is 0.424 e. The molecule has 1 nitrogen and oxygen atoms in total. The van der Waals surface area contributed by atoms with E-state index in [1.54, 1.807) is 0 Å². The van der Waals surface area contributed by atoms with Gasteiger partial charge < -0.3 is 4.80 Å². The predicted molar refractivity (Wildman–Crippen MR) is 75.0 cm³/mol. The SMILES string of the molecule is C=Cc1ccc([Si](O)c2ccccc2)c(C)c1. The number of rotatable bonds is 3. The molecule has 1 N–H and O–H groups in total. The van der Waals surface area contributed by atoms with E-state index in [1.165, 1.54) is 0 Å². The van der Waals surface area contributed by atoms with Crippen molar-refractivity contribution in [2.24, 2.45) is 0 Å². The molecule has 2 aromatic rings. The second kappa shape index (κ2) is 5.12. The minimum Gasteiger partial charge on any atom is -0.424 e. The second-order valence-electron chi connectivity index (χ2n) is 3.99. The van der Waals surface area contributed by atoms with Gasteiger partial charge in [0.05, 0.1) is 0 Å². The summed E-state index contributed by atoms with van der Waals surface area (Å²) >= 11 is 0. The molecule has 0 saturated carbocycles. The monoisotopic (exact) mass is 239 g/mol. The summed E-state index contributed by atoms with van der Waals surface area (Å²) < 4.78 is 0. The normalized spacial score (nSPS) is 10.5. The lowest BCUT2D eigenvalue weighted by Gasteiger charge is -2.11. The molecule has 2 aromatic carbocycles. The Labute approximate surface area is 104 Å². The molecule has 85 valence electrons. The molecular formula is C15H15OSi. The Balaban J connectivity index is 2.38. The van der Waals surface area contributed by atoms with E-state index in [0.717, 1.165) is 21.5 Å². The van der Waals surface area contributed by atoms with Gasteiger partial charge in [0.25, 0.3) is 9.04 Å². The van der Waals surface area contributed by atoms with Crippen LogP contribution >= 0.6 is 0 Å². The van der Waals surface area contributed by atoms with Crippen LogP contribution in [-0.2, 0) is 0 Å². The quantitative estimate of drug-likeness (QED) is 0.809. The van der Waals surface area contributed by atoms with E-state index in [0.29, 0.717) is 0 Å². The number of benzene rings is 2. The molecule has 0 aliphatic carbocycles. The Hall–Kier alpha value is -1.64. The van der Waals surface area contributed by atoms with Crippen LogP contribution in [0.5, 0.6) is 0 Å². The van der Waals surface area contributed by atoms with Crippen molar-refractivity contribution < 1.29 is 4.80 Å². The van der Waals surface area contributed by atoms with E-state index in [1.807, 2.05) is 55.5 Å². The highest BCUT2D eigenvalue weighted by molar-refractivity contribution is 6.79. The highest BCUT2D eigenvalue weighted by Gasteiger charge is 2.16. The first-order valence-corrected chi connectivity index (χ1v) is 7.02. The van der Waals surface area contributed by atoms with Gasteiger partial charge in [0.1, 0.15) is 0 Å². The van der Waals surface area contributed by atoms with E-state index in [4.69, 9.17) is 0 Å². The van der Waals surface area contributed by atoms with Gasteiger partial charge in [0.15, 0.2) is 0 Å². The average molecular weight is 239 g/mol. The zero-order valence-electron chi connectivity index (χ0n) is 9.85. The molecule has 0 heterocycles. The summed E-state index contributed by atoms with van der Waals surface area (Å²) in [6.07, 6.45) is 1.82. The van der Waals surface area contributed by atoms with Gasteiger partial charge in [-0.05, 0) is 28.4 Å². The molecule has 0 saturated heterocycles. The molecule has 0 aromatic heterocycles. The summed E-state index contributed by atoms with van der Waals surface area (Å²) in [4.78, 5) is 10.4. The average Bonchev–Trinajstić information content (AvgIpc) is 2.39. The minimum absolute atomic E-state index is 1.02. The number of hydrogen-bond acceptors (Lipinski definition) is 1. The maximum absolute atomic E-state index is 10.4. The fourth-order valence-electron chi connectivity index (χ4n) is 1.83. The molecule has 0 unspecified atom stereocenters. The van der Waals surface area contributed by atoms with Crippen LogP contribution in [0.15, 0.2) is 55.1 Å². The highest BCUT2D eigenvalue weighted by Crippen LogP contribution is 2.04. The minimum atomic E-state index is -1.63. The number of hydrogen-bond donors (Lipinski definition) is 1. The van der Waals surface area contributed by atoms with Crippen LogP contribution in [0.25, 0.3) is 6.08 Å². The molecule has 0 bridgehead atoms. The summed E-state index contributed by atoms with van der Waals surface area (Å²) in [7, 11) is -1.63. The van der Waals surface area contributed by atoms with Crippen molar-refractivity contribution in [2.75, 3.05) is 0 Å². The predicted octanol–water partition coefficient (Wildman–Crippen LogP) is 1.74. The molecule has 0 fully saturated rings. The van der Waals surface area contributed by atoms with E-state index < -0.39 is 9.04 Å². The summed E-state index contributed by atoms with van der Waals surface area (Å²) in [5.41, 5.74) is 2.22. The molecule has 2 heteroatoms. The summed E-state index contributed by atoms with van der Waals surface area (Å²) in [5, 5.41) is 2.07. The van der Waals surface area contributed by atoms with Gasteiger partial charge in [-0.1, -0.05) is 61.2 Å². The van der Waals surface area contributed by atoms with Gasteiger partial charge in [-0.2, -0.15) is 0 Å². The first-order chi connectivity index (χ1) is 8.22. The van der Waals surface area contributed by atoms with Crippen LogP contribution in [0.1, 0.15) is 11.1 Å². The van der Waals surface area contributed by atoms with Crippen molar-refractivity contribution in [2.45, 2.75) is 6.92 Å². The van der Waals surface area contributed by atoms with Crippen LogP contribution in [0, 0.1) is 6.92 Å². The van der Waals surface area contributed by atoms with Crippen molar-refractivity contribution in [1.82, 2.24) is 0 Å². The fourth-order valence-corrected chi connectivity index (χ4v) is 3.34. The second-order valence-corrected chi connectivity index (χ2v) is 5.81. The van der Waals surface area contributed by atoms with Gasteiger partial charge in [-0.25, -0.2) is 0 Å². The van der Waals surface area contributed by atoms with Crippen molar-refractivity contribution in [3.8, 4) is 0 Å². The summed E-state index contributed by atoms with van der Waals surface area (Å²) in [6, 6.07) is 15.9. The van der Waals surface area contributed by atoms with Crippen molar-refractivity contribution in [3.05, 3.63) is 66.2 Å². The standard InChI is InChI=1S/C15H15OSi/c1-3-13-9-10-15(12(2)11-13)17(16)14-7-5-4-6-8-14/h3-11,16H,1H2,2H3. The lowest BCUT2D eigenvalue weighted by molar-refractivity contribution is 0.600. The summed E-state index contributed by atoms with van der Waals surface area (Å²) in [5.74, 6) is 0. The lowest BCUT2D eigenvalue weighted by atomic mass is 10.1. The Kier molecular flexibility index (Phi) is 3.57. The third-order valence-electron chi connectivity index (χ3n) is 2.79. The van der Waals surface area contributed by atoms with Crippen LogP contribution < -0.4 is 10.4 Å². The zero-order valence-corrected chi connectivity index (χ0v) is 10.9. The zero-order chi connectivity index (χ0) is 12.3. The lowest BCUT2D eigenvalue weighted by Crippen LogP contribution is -2.43. The van der Waals surface area contributed by atoms with E-state index in [9.17, 15) is 4.80 Å². The first kappa shape index (κ1) is 11.8. The number of aryl methyl sites for hydroxylation is 1. The smallest absolute Gasteiger partial charge is 0.280 e. The van der Waals surface area contributed by atoms with E-state index >= 15 is 0 Å². The maximum Gasteiger partial charge on any atom is 0.280 e. The molecule has 2 rings (SSSR count). The Morgan fingerprint density at radius 2 is 1.82 bits per heavy atom. The first-order valence-electron chi connectivity index (χ1n) is 5.57. The van der Waals surface area contributed by atoms with Crippen LogP contribution in [-0.4, -0.2) is 13.8 Å². The molecule has 1 radical (unpaired) electrons. The Morgan fingerprint density at radius 1 is 1.12 bits per heavy atom. The van der Waals surface area contributed by atoms with Gasteiger partial charge >= 0.3 is 0 Å². The van der Waals surface area contributed by atoms with Crippen molar-refractivity contribution in [1.29, 1.82) is 0 Å². The molecule has 0 amide bonds. The van der Waals surface area contributed by atoms with Gasteiger partial charge in [-0.3, -0.25) is 0 Å². The van der Waals surface area contributed by atoms with Crippen molar-refractivity contribution in [3.63, 3.8) is 0 Å². The third kappa shape index (κ3) is 2.54. The third-order valence-corrected chi connectivity index (χ3v) is 4.74. The molecular weight excluding hydrogens is 224 g/mol. The van der Waals surface area contributed by atoms with Crippen LogP contribution in [0.4, 0.5) is 0 Å². The van der Waals surface area contributed by atoms with Crippen LogP contribution in [0.2, 0.25) is 0 Å². The van der Waals surface area contributed by atoms with E-state index in [-0.39, 0.29) is 0 Å². The summed E-state index contributed by atoms with van der Waals surface area (Å²) in [6.45, 7) is 5.78. The molecule has 0 atom stereocenters. The van der Waals surface area contributed by atoms with Gasteiger partial charge in [0.2, 0.25) is 0 Å². The van der Waals surface area contributed by atoms with E-state index in [2.05, 4.69) is 12.6 Å². The van der Waals surface area contributed by atoms with Gasteiger partial charge in [-0.15, -0.1) is 0 Å². The molecule has 0 aliphatic heterocycles. The Morgan fingerprint density at radius 3 is 2.41 bits per heavy atom.